The summed E-state index contributed by atoms with van der Waals surface area (Å²) in [7, 11) is -3.82. The molecule has 0 radical (unpaired) electrons. The Morgan fingerprint density at radius 2 is 1.66 bits per heavy atom. The normalized spacial score (nSPS) is 15.1. The number of ether oxygens (including phenoxy) is 1. The maximum atomic E-state index is 12.6. The molecule has 0 aromatic heterocycles. The number of amides is 2. The Balaban J connectivity index is 1.59. The number of rotatable bonds is 9. The fraction of sp³-hybridized carbons (Fsp3) is 0.391. The minimum absolute atomic E-state index is 0.0231. The van der Waals surface area contributed by atoms with E-state index in [0.717, 1.165) is 25.7 Å². The van der Waals surface area contributed by atoms with Crippen molar-refractivity contribution < 1.29 is 22.7 Å². The number of hydrogen-bond donors (Lipinski definition) is 3. The highest BCUT2D eigenvalue weighted by Crippen LogP contribution is 2.20. The molecule has 1 aliphatic carbocycles. The second-order valence-electron chi connectivity index (χ2n) is 7.77. The van der Waals surface area contributed by atoms with E-state index >= 15 is 0 Å². The summed E-state index contributed by atoms with van der Waals surface area (Å²) in [6.45, 7) is 4.02. The molecule has 32 heavy (non-hydrogen) atoms. The van der Waals surface area contributed by atoms with E-state index in [1.807, 2.05) is 6.92 Å². The van der Waals surface area contributed by atoms with Crippen LogP contribution in [0, 0.1) is 0 Å². The molecule has 1 atom stereocenters. The molecular weight excluding hydrogens is 430 g/mol. The summed E-state index contributed by atoms with van der Waals surface area (Å²) in [5.41, 5.74) is 0.669. The molecule has 0 unspecified atom stereocenters. The molecule has 1 fully saturated rings. The van der Waals surface area contributed by atoms with Gasteiger partial charge in [-0.25, -0.2) is 8.42 Å². The molecule has 0 bridgehead atoms. The van der Waals surface area contributed by atoms with Crippen LogP contribution in [0.25, 0.3) is 0 Å². The van der Waals surface area contributed by atoms with Gasteiger partial charge in [0.1, 0.15) is 11.8 Å². The van der Waals surface area contributed by atoms with Crippen LogP contribution in [0.5, 0.6) is 5.75 Å². The van der Waals surface area contributed by atoms with Crippen molar-refractivity contribution in [1.29, 1.82) is 0 Å². The van der Waals surface area contributed by atoms with E-state index in [1.165, 1.54) is 24.3 Å². The van der Waals surface area contributed by atoms with Crippen molar-refractivity contribution in [1.82, 2.24) is 10.6 Å². The van der Waals surface area contributed by atoms with Crippen LogP contribution in [0.3, 0.4) is 0 Å². The minimum atomic E-state index is -3.82. The molecule has 1 saturated carbocycles. The van der Waals surface area contributed by atoms with Crippen molar-refractivity contribution >= 4 is 27.5 Å². The molecular formula is C23H29N3O5S. The SMILES string of the molecule is CCOc1ccc(NS(=O)(=O)c2ccc(C(=O)N[C@@H](C)C(=O)NC3CCCC3)cc2)cc1. The van der Waals surface area contributed by atoms with Crippen molar-refractivity contribution in [3.8, 4) is 5.75 Å². The standard InChI is InChI=1S/C23H29N3O5S/c1-3-31-20-12-10-19(11-13-20)26-32(29,30)21-14-8-17(9-15-21)23(28)24-16(2)22(27)25-18-6-4-5-7-18/h8-16,18,26H,3-7H2,1-2H3,(H,24,28)(H,25,27)/t16-/m0/s1. The van der Waals surface area contributed by atoms with E-state index in [-0.39, 0.29) is 22.4 Å². The molecule has 2 aromatic carbocycles. The van der Waals surface area contributed by atoms with Gasteiger partial charge in [-0.3, -0.25) is 14.3 Å². The minimum Gasteiger partial charge on any atom is -0.494 e. The number of carbonyl (C=O) groups is 2. The number of benzene rings is 2. The van der Waals surface area contributed by atoms with Crippen molar-refractivity contribution in [3.05, 3.63) is 54.1 Å². The molecule has 0 aliphatic heterocycles. The van der Waals surface area contributed by atoms with Gasteiger partial charge in [-0.05, 0) is 75.2 Å². The quantitative estimate of drug-likeness (QED) is 0.533. The molecule has 0 saturated heterocycles. The Hall–Kier alpha value is -3.07. The van der Waals surface area contributed by atoms with Gasteiger partial charge in [0.25, 0.3) is 15.9 Å². The van der Waals surface area contributed by atoms with Crippen LogP contribution in [0.4, 0.5) is 5.69 Å². The third kappa shape index (κ3) is 6.23. The summed E-state index contributed by atoms with van der Waals surface area (Å²) in [4.78, 5) is 24.8. The first kappa shape index (κ1) is 23.6. The Bertz CT molecular complexity index is 1030. The number of nitrogens with one attached hydrogen (secondary N) is 3. The van der Waals surface area contributed by atoms with Crippen LogP contribution < -0.4 is 20.1 Å². The monoisotopic (exact) mass is 459 g/mol. The van der Waals surface area contributed by atoms with Crippen molar-refractivity contribution in [3.63, 3.8) is 0 Å². The van der Waals surface area contributed by atoms with E-state index in [4.69, 9.17) is 4.74 Å². The van der Waals surface area contributed by atoms with Gasteiger partial charge in [0.2, 0.25) is 5.91 Å². The Morgan fingerprint density at radius 3 is 2.25 bits per heavy atom. The summed E-state index contributed by atoms with van der Waals surface area (Å²) in [6.07, 6.45) is 4.14. The van der Waals surface area contributed by atoms with Gasteiger partial charge in [0.15, 0.2) is 0 Å². The molecule has 0 heterocycles. The number of sulfonamides is 1. The molecule has 3 N–H and O–H groups in total. The first-order valence-electron chi connectivity index (χ1n) is 10.8. The van der Waals surface area contributed by atoms with Crippen molar-refractivity contribution in [2.45, 2.75) is 56.5 Å². The van der Waals surface area contributed by atoms with Gasteiger partial charge >= 0.3 is 0 Å². The number of hydrogen-bond acceptors (Lipinski definition) is 5. The second-order valence-corrected chi connectivity index (χ2v) is 9.45. The zero-order valence-electron chi connectivity index (χ0n) is 18.3. The zero-order chi connectivity index (χ0) is 23.1. The summed E-state index contributed by atoms with van der Waals surface area (Å²) in [6, 6.07) is 11.6. The van der Waals surface area contributed by atoms with Crippen LogP contribution in [0.15, 0.2) is 53.4 Å². The fourth-order valence-electron chi connectivity index (χ4n) is 3.53. The lowest BCUT2D eigenvalue weighted by Gasteiger charge is -2.18. The first-order chi connectivity index (χ1) is 15.3. The summed E-state index contributed by atoms with van der Waals surface area (Å²) < 4.78 is 33.1. The van der Waals surface area contributed by atoms with Crippen LogP contribution >= 0.6 is 0 Å². The predicted molar refractivity (Wildman–Crippen MR) is 122 cm³/mol. The molecule has 8 nitrogen and oxygen atoms in total. The average molecular weight is 460 g/mol. The van der Waals surface area contributed by atoms with E-state index in [9.17, 15) is 18.0 Å². The highest BCUT2D eigenvalue weighted by molar-refractivity contribution is 7.92. The number of anilines is 1. The molecule has 9 heteroatoms. The highest BCUT2D eigenvalue weighted by atomic mass is 32.2. The second kappa shape index (κ2) is 10.5. The molecule has 1 aliphatic rings. The highest BCUT2D eigenvalue weighted by Gasteiger charge is 2.22. The molecule has 2 aromatic rings. The van der Waals surface area contributed by atoms with Crippen LogP contribution in [-0.2, 0) is 14.8 Å². The van der Waals surface area contributed by atoms with Crippen LogP contribution in [-0.4, -0.2) is 38.9 Å². The van der Waals surface area contributed by atoms with E-state index < -0.39 is 22.0 Å². The van der Waals surface area contributed by atoms with Crippen LogP contribution in [0.1, 0.15) is 49.9 Å². The predicted octanol–water partition coefficient (Wildman–Crippen LogP) is 3.06. The van der Waals surface area contributed by atoms with Gasteiger partial charge in [0.05, 0.1) is 11.5 Å². The van der Waals surface area contributed by atoms with E-state index in [1.54, 1.807) is 31.2 Å². The molecule has 0 spiro atoms. The lowest BCUT2D eigenvalue weighted by molar-refractivity contribution is -0.123. The molecule has 172 valence electrons. The smallest absolute Gasteiger partial charge is 0.261 e. The molecule has 3 rings (SSSR count). The average Bonchev–Trinajstić information content (AvgIpc) is 3.28. The van der Waals surface area contributed by atoms with Gasteiger partial charge < -0.3 is 15.4 Å². The Labute approximate surface area is 188 Å². The Kier molecular flexibility index (Phi) is 7.74. The summed E-state index contributed by atoms with van der Waals surface area (Å²) >= 11 is 0. The number of carbonyl (C=O) groups excluding carboxylic acids is 2. The Morgan fingerprint density at radius 1 is 1.03 bits per heavy atom. The third-order valence-corrected chi connectivity index (χ3v) is 6.68. The third-order valence-electron chi connectivity index (χ3n) is 5.29. The largest absolute Gasteiger partial charge is 0.494 e. The van der Waals surface area contributed by atoms with Gasteiger partial charge in [0, 0.05) is 17.3 Å². The zero-order valence-corrected chi connectivity index (χ0v) is 19.1. The van der Waals surface area contributed by atoms with Crippen molar-refractivity contribution in [2.24, 2.45) is 0 Å². The fourth-order valence-corrected chi connectivity index (χ4v) is 4.59. The first-order valence-corrected chi connectivity index (χ1v) is 12.2. The van der Waals surface area contributed by atoms with Crippen LogP contribution in [0.2, 0.25) is 0 Å². The van der Waals surface area contributed by atoms with Gasteiger partial charge in [-0.2, -0.15) is 0 Å². The lowest BCUT2D eigenvalue weighted by atomic mass is 10.2. The van der Waals surface area contributed by atoms with E-state index in [0.29, 0.717) is 18.0 Å². The lowest BCUT2D eigenvalue weighted by Crippen LogP contribution is -2.47. The summed E-state index contributed by atoms with van der Waals surface area (Å²) in [5.74, 6) is -0.0107. The maximum Gasteiger partial charge on any atom is 0.261 e. The van der Waals surface area contributed by atoms with E-state index in [2.05, 4.69) is 15.4 Å². The topological polar surface area (TPSA) is 114 Å². The maximum absolute atomic E-state index is 12.6. The summed E-state index contributed by atoms with van der Waals surface area (Å²) in [5, 5.41) is 5.60. The molecule has 2 amide bonds. The van der Waals surface area contributed by atoms with Gasteiger partial charge in [-0.1, -0.05) is 12.8 Å². The van der Waals surface area contributed by atoms with Crippen molar-refractivity contribution in [2.75, 3.05) is 11.3 Å². The van der Waals surface area contributed by atoms with Gasteiger partial charge in [-0.15, -0.1) is 0 Å².